The smallest absolute Gasteiger partial charge is 0.295 e. The van der Waals surface area contributed by atoms with Crippen LogP contribution in [-0.4, -0.2) is 67.0 Å². The SMILES string of the molecule is CCN(CC)CCN1C(=O)C(=O)/C(=C(/O)c2cc(C(C)C)c(OC)cc2C)C1c1ccccc1OC. The van der Waals surface area contributed by atoms with E-state index in [-0.39, 0.29) is 17.3 Å². The number of para-hydroxylation sites is 1. The molecule has 7 nitrogen and oxygen atoms in total. The number of likely N-dealkylation sites (N-methyl/N-ethyl adjacent to an activating group) is 1. The Morgan fingerprint density at radius 3 is 2.28 bits per heavy atom. The van der Waals surface area contributed by atoms with Crippen molar-refractivity contribution in [2.75, 3.05) is 40.4 Å². The van der Waals surface area contributed by atoms with E-state index < -0.39 is 17.7 Å². The first-order valence-electron chi connectivity index (χ1n) is 12.5. The van der Waals surface area contributed by atoms with Gasteiger partial charge in [-0.25, -0.2) is 0 Å². The second-order valence-electron chi connectivity index (χ2n) is 9.33. The van der Waals surface area contributed by atoms with Crippen LogP contribution < -0.4 is 9.47 Å². The number of aryl methyl sites for hydroxylation is 1. The number of ether oxygens (including phenoxy) is 2. The molecule has 3 rings (SSSR count). The molecule has 0 saturated carbocycles. The maximum atomic E-state index is 13.5. The number of hydrogen-bond acceptors (Lipinski definition) is 6. The monoisotopic (exact) mass is 494 g/mol. The van der Waals surface area contributed by atoms with Crippen LogP contribution in [-0.2, 0) is 9.59 Å². The van der Waals surface area contributed by atoms with Crippen molar-refractivity contribution in [2.24, 2.45) is 0 Å². The van der Waals surface area contributed by atoms with Crippen molar-refractivity contribution < 1.29 is 24.2 Å². The van der Waals surface area contributed by atoms with E-state index in [0.717, 1.165) is 30.0 Å². The number of aliphatic hydroxyl groups is 1. The van der Waals surface area contributed by atoms with Crippen LogP contribution in [0.15, 0.2) is 42.0 Å². The predicted octanol–water partition coefficient (Wildman–Crippen LogP) is 4.90. The highest BCUT2D eigenvalue weighted by Gasteiger charge is 2.47. The average Bonchev–Trinajstić information content (AvgIpc) is 3.13. The lowest BCUT2D eigenvalue weighted by molar-refractivity contribution is -0.140. The van der Waals surface area contributed by atoms with Crippen molar-refractivity contribution in [3.63, 3.8) is 0 Å². The van der Waals surface area contributed by atoms with E-state index >= 15 is 0 Å². The van der Waals surface area contributed by atoms with Crippen molar-refractivity contribution in [3.05, 3.63) is 64.2 Å². The first-order chi connectivity index (χ1) is 17.2. The van der Waals surface area contributed by atoms with Gasteiger partial charge in [0.1, 0.15) is 17.3 Å². The summed E-state index contributed by atoms with van der Waals surface area (Å²) >= 11 is 0. The molecule has 2 aromatic rings. The van der Waals surface area contributed by atoms with Gasteiger partial charge in [-0.1, -0.05) is 45.9 Å². The Bertz CT molecular complexity index is 1150. The van der Waals surface area contributed by atoms with E-state index in [0.29, 0.717) is 30.0 Å². The van der Waals surface area contributed by atoms with Crippen molar-refractivity contribution >= 4 is 17.4 Å². The summed E-state index contributed by atoms with van der Waals surface area (Å²) in [5.74, 6) is -0.0816. The van der Waals surface area contributed by atoms with Gasteiger partial charge in [-0.2, -0.15) is 0 Å². The Morgan fingerprint density at radius 1 is 1.06 bits per heavy atom. The molecule has 2 aromatic carbocycles. The standard InChI is InChI=1S/C29H38N2O5/c1-8-30(9-2)14-15-31-26(20-12-10-11-13-23(20)35-6)25(28(33)29(31)34)27(32)22-17-21(18(3)4)24(36-7)16-19(22)5/h10-13,16-18,26,32H,8-9,14-15H2,1-7H3/b27-25+. The number of likely N-dealkylation sites (tertiary alicyclic amines) is 1. The van der Waals surface area contributed by atoms with Crippen LogP contribution in [0.5, 0.6) is 11.5 Å². The maximum absolute atomic E-state index is 13.5. The van der Waals surface area contributed by atoms with Gasteiger partial charge in [0.05, 0.1) is 25.8 Å². The molecule has 1 aliphatic heterocycles. The maximum Gasteiger partial charge on any atom is 0.295 e. The zero-order chi connectivity index (χ0) is 26.6. The van der Waals surface area contributed by atoms with Gasteiger partial charge in [-0.05, 0) is 55.3 Å². The Labute approximate surface area is 214 Å². The molecule has 1 unspecified atom stereocenters. The molecular formula is C29H38N2O5. The zero-order valence-electron chi connectivity index (χ0n) is 22.4. The minimum absolute atomic E-state index is 0.0759. The summed E-state index contributed by atoms with van der Waals surface area (Å²) in [6, 6.07) is 10.3. The second kappa shape index (κ2) is 11.6. The second-order valence-corrected chi connectivity index (χ2v) is 9.33. The third kappa shape index (κ3) is 5.12. The zero-order valence-corrected chi connectivity index (χ0v) is 22.4. The van der Waals surface area contributed by atoms with Crippen molar-refractivity contribution in [1.82, 2.24) is 9.80 Å². The number of nitrogens with zero attached hydrogens (tertiary/aromatic N) is 2. The number of Topliss-reactive ketones (excluding diaryl/α,β-unsaturated/α-hetero) is 1. The first kappa shape index (κ1) is 27.3. The Morgan fingerprint density at radius 2 is 1.69 bits per heavy atom. The van der Waals surface area contributed by atoms with E-state index in [1.807, 2.05) is 51.1 Å². The summed E-state index contributed by atoms with van der Waals surface area (Å²) in [6.07, 6.45) is 0. The Kier molecular flexibility index (Phi) is 8.79. The lowest BCUT2D eigenvalue weighted by Crippen LogP contribution is -2.38. The van der Waals surface area contributed by atoms with E-state index in [4.69, 9.17) is 9.47 Å². The van der Waals surface area contributed by atoms with Crippen LogP contribution in [0, 0.1) is 6.92 Å². The summed E-state index contributed by atoms with van der Waals surface area (Å²) in [4.78, 5) is 30.6. The van der Waals surface area contributed by atoms with Crippen LogP contribution in [0.2, 0.25) is 0 Å². The van der Waals surface area contributed by atoms with E-state index in [1.54, 1.807) is 25.2 Å². The number of carbonyl (C=O) groups is 2. The molecule has 0 aromatic heterocycles. The van der Waals surface area contributed by atoms with Gasteiger partial charge in [0.15, 0.2) is 0 Å². The fourth-order valence-electron chi connectivity index (χ4n) is 4.84. The van der Waals surface area contributed by atoms with Gasteiger partial charge >= 0.3 is 0 Å². The lowest BCUT2D eigenvalue weighted by atomic mass is 9.90. The van der Waals surface area contributed by atoms with Crippen LogP contribution in [0.3, 0.4) is 0 Å². The fourth-order valence-corrected chi connectivity index (χ4v) is 4.84. The number of rotatable bonds is 10. The van der Waals surface area contributed by atoms with Gasteiger partial charge in [0.2, 0.25) is 0 Å². The van der Waals surface area contributed by atoms with Crippen molar-refractivity contribution in [3.8, 4) is 11.5 Å². The summed E-state index contributed by atoms with van der Waals surface area (Å²) < 4.78 is 11.2. The summed E-state index contributed by atoms with van der Waals surface area (Å²) in [5, 5.41) is 11.6. The molecule has 194 valence electrons. The third-order valence-electron chi connectivity index (χ3n) is 6.98. The highest BCUT2D eigenvalue weighted by Crippen LogP contribution is 2.43. The van der Waals surface area contributed by atoms with E-state index in [2.05, 4.69) is 18.7 Å². The molecule has 36 heavy (non-hydrogen) atoms. The molecule has 1 aliphatic rings. The normalized spacial score (nSPS) is 17.4. The van der Waals surface area contributed by atoms with Gasteiger partial charge in [-0.3, -0.25) is 9.59 Å². The highest BCUT2D eigenvalue weighted by molar-refractivity contribution is 6.46. The Hall–Kier alpha value is -3.32. The lowest BCUT2D eigenvalue weighted by Gasteiger charge is -2.29. The van der Waals surface area contributed by atoms with Crippen LogP contribution >= 0.6 is 0 Å². The number of ketones is 1. The predicted molar refractivity (Wildman–Crippen MR) is 142 cm³/mol. The Balaban J connectivity index is 2.24. The fraction of sp³-hybridized carbons (Fsp3) is 0.448. The minimum Gasteiger partial charge on any atom is -0.507 e. The molecule has 7 heteroatoms. The molecule has 0 aliphatic carbocycles. The molecule has 1 heterocycles. The first-order valence-corrected chi connectivity index (χ1v) is 12.5. The number of hydrogen-bond donors (Lipinski definition) is 1. The molecule has 0 bridgehead atoms. The molecule has 1 saturated heterocycles. The van der Waals surface area contributed by atoms with Crippen LogP contribution in [0.25, 0.3) is 5.76 Å². The summed E-state index contributed by atoms with van der Waals surface area (Å²) in [5.41, 5.74) is 2.92. The molecule has 1 N–H and O–H groups in total. The number of methoxy groups -OCH3 is 2. The molecular weight excluding hydrogens is 456 g/mol. The van der Waals surface area contributed by atoms with Crippen LogP contribution in [0.4, 0.5) is 0 Å². The highest BCUT2D eigenvalue weighted by atomic mass is 16.5. The minimum atomic E-state index is -0.763. The summed E-state index contributed by atoms with van der Waals surface area (Å²) in [7, 11) is 3.17. The number of benzene rings is 2. The van der Waals surface area contributed by atoms with E-state index in [1.165, 1.54) is 0 Å². The van der Waals surface area contributed by atoms with Crippen molar-refractivity contribution in [1.29, 1.82) is 0 Å². The molecule has 1 atom stereocenters. The quantitative estimate of drug-likeness (QED) is 0.288. The van der Waals surface area contributed by atoms with Crippen LogP contribution in [0.1, 0.15) is 61.9 Å². The van der Waals surface area contributed by atoms with Crippen molar-refractivity contribution in [2.45, 2.75) is 46.6 Å². The summed E-state index contributed by atoms with van der Waals surface area (Å²) in [6.45, 7) is 12.7. The molecule has 1 fully saturated rings. The number of carbonyl (C=O) groups excluding carboxylic acids is 2. The number of amides is 1. The average molecular weight is 495 g/mol. The van der Waals surface area contributed by atoms with Gasteiger partial charge in [0, 0.05) is 24.2 Å². The van der Waals surface area contributed by atoms with Gasteiger partial charge < -0.3 is 24.4 Å². The number of aliphatic hydroxyl groups excluding tert-OH is 1. The molecule has 1 amide bonds. The van der Waals surface area contributed by atoms with E-state index in [9.17, 15) is 14.7 Å². The van der Waals surface area contributed by atoms with Gasteiger partial charge in [-0.15, -0.1) is 0 Å². The topological polar surface area (TPSA) is 79.3 Å². The third-order valence-corrected chi connectivity index (χ3v) is 6.98. The molecule has 0 radical (unpaired) electrons. The molecule has 0 spiro atoms. The largest absolute Gasteiger partial charge is 0.507 e. The van der Waals surface area contributed by atoms with Gasteiger partial charge in [0.25, 0.3) is 11.7 Å².